The van der Waals surface area contributed by atoms with Crippen molar-refractivity contribution in [3.8, 4) is 0 Å². The van der Waals surface area contributed by atoms with Gasteiger partial charge in [0.2, 0.25) is 0 Å². The van der Waals surface area contributed by atoms with Crippen molar-refractivity contribution in [3.63, 3.8) is 0 Å². The second-order valence-corrected chi connectivity index (χ2v) is 6.36. The Morgan fingerprint density at radius 1 is 1.24 bits per heavy atom. The summed E-state index contributed by atoms with van der Waals surface area (Å²) in [5.41, 5.74) is 4.83. The van der Waals surface area contributed by atoms with Crippen LogP contribution in [0.3, 0.4) is 0 Å². The molecule has 17 heavy (non-hydrogen) atoms. The summed E-state index contributed by atoms with van der Waals surface area (Å²) in [6, 6.07) is 5.60. The monoisotopic (exact) mass is 394 g/mol. The highest BCUT2D eigenvalue weighted by Crippen LogP contribution is 2.35. The molecule has 90 valence electrons. The van der Waals surface area contributed by atoms with Gasteiger partial charge >= 0.3 is 0 Å². The van der Waals surface area contributed by atoms with Crippen LogP contribution < -0.4 is 11.3 Å². The molecular weight excluding hydrogens is 387 g/mol. The van der Waals surface area contributed by atoms with E-state index in [9.17, 15) is 0 Å². The van der Waals surface area contributed by atoms with Crippen LogP contribution in [0.1, 0.15) is 17.2 Å². The molecule has 0 spiro atoms. The number of halogens is 3. The summed E-state index contributed by atoms with van der Waals surface area (Å²) in [5.74, 6) is 5.64. The van der Waals surface area contributed by atoms with Gasteiger partial charge in [0.05, 0.1) is 6.04 Å². The van der Waals surface area contributed by atoms with Gasteiger partial charge in [-0.15, -0.1) is 0 Å². The molecular formula is C11H9Br2ClN2S. The molecule has 2 nitrogen and oxygen atoms in total. The van der Waals surface area contributed by atoms with E-state index in [0.717, 1.165) is 20.1 Å². The maximum absolute atomic E-state index is 6.21. The average molecular weight is 397 g/mol. The standard InChI is InChI=1S/C11H9Br2ClN2S/c12-6-1-2-10(14)7(3-6)11(16-15)8-4-17-5-9(8)13/h1-5,11,16H,15H2. The van der Waals surface area contributed by atoms with Crippen LogP contribution in [0.25, 0.3) is 0 Å². The van der Waals surface area contributed by atoms with Crippen molar-refractivity contribution in [2.45, 2.75) is 6.04 Å². The first-order valence-corrected chi connectivity index (χ1v) is 7.67. The summed E-state index contributed by atoms with van der Waals surface area (Å²) >= 11 is 14.8. The molecule has 0 aliphatic heterocycles. The average Bonchev–Trinajstić information content (AvgIpc) is 2.71. The Labute approximate surface area is 125 Å². The van der Waals surface area contributed by atoms with Crippen molar-refractivity contribution in [2.24, 2.45) is 5.84 Å². The zero-order valence-electron chi connectivity index (χ0n) is 8.58. The highest BCUT2D eigenvalue weighted by atomic mass is 79.9. The van der Waals surface area contributed by atoms with Gasteiger partial charge in [-0.1, -0.05) is 27.5 Å². The zero-order valence-corrected chi connectivity index (χ0v) is 13.3. The molecule has 3 N–H and O–H groups in total. The van der Waals surface area contributed by atoms with Crippen molar-refractivity contribution in [1.29, 1.82) is 0 Å². The highest BCUT2D eigenvalue weighted by Gasteiger charge is 2.19. The molecule has 2 rings (SSSR count). The molecule has 1 heterocycles. The number of hydrogen-bond donors (Lipinski definition) is 2. The predicted octanol–water partition coefficient (Wildman–Crippen LogP) is 4.48. The third-order valence-electron chi connectivity index (χ3n) is 2.39. The summed E-state index contributed by atoms with van der Waals surface area (Å²) in [5, 5.41) is 4.76. The summed E-state index contributed by atoms with van der Waals surface area (Å²) in [6.45, 7) is 0. The molecule has 1 aromatic heterocycles. The lowest BCUT2D eigenvalue weighted by molar-refractivity contribution is 0.636. The van der Waals surface area contributed by atoms with Gasteiger partial charge < -0.3 is 0 Å². The first-order valence-electron chi connectivity index (χ1n) is 4.76. The highest BCUT2D eigenvalue weighted by molar-refractivity contribution is 9.10. The molecule has 0 saturated heterocycles. The van der Waals surface area contributed by atoms with E-state index in [1.807, 2.05) is 29.0 Å². The Balaban J connectivity index is 2.49. The van der Waals surface area contributed by atoms with Gasteiger partial charge in [-0.25, -0.2) is 5.43 Å². The van der Waals surface area contributed by atoms with E-state index in [-0.39, 0.29) is 6.04 Å². The molecule has 0 aliphatic rings. The SMILES string of the molecule is NNC(c1cc(Br)ccc1Cl)c1cscc1Br. The predicted molar refractivity (Wildman–Crippen MR) is 80.3 cm³/mol. The van der Waals surface area contributed by atoms with Crippen LogP contribution in [0.2, 0.25) is 5.02 Å². The van der Waals surface area contributed by atoms with E-state index in [4.69, 9.17) is 17.4 Å². The van der Waals surface area contributed by atoms with Crippen molar-refractivity contribution in [1.82, 2.24) is 5.43 Å². The van der Waals surface area contributed by atoms with Crippen LogP contribution >= 0.6 is 54.8 Å². The number of benzene rings is 1. The Morgan fingerprint density at radius 2 is 2.00 bits per heavy atom. The fourth-order valence-electron chi connectivity index (χ4n) is 1.58. The molecule has 6 heteroatoms. The third kappa shape index (κ3) is 2.92. The van der Waals surface area contributed by atoms with Crippen LogP contribution in [0.4, 0.5) is 0 Å². The maximum atomic E-state index is 6.21. The van der Waals surface area contributed by atoms with E-state index in [1.165, 1.54) is 0 Å². The lowest BCUT2D eigenvalue weighted by Gasteiger charge is -2.17. The van der Waals surface area contributed by atoms with Crippen molar-refractivity contribution >= 4 is 54.8 Å². The lowest BCUT2D eigenvalue weighted by Crippen LogP contribution is -2.29. The van der Waals surface area contributed by atoms with E-state index in [0.29, 0.717) is 5.02 Å². The number of hydrazine groups is 1. The Hall–Kier alpha value is 0.0900. The molecule has 0 aliphatic carbocycles. The van der Waals surface area contributed by atoms with E-state index in [1.54, 1.807) is 11.3 Å². The minimum atomic E-state index is -0.124. The minimum Gasteiger partial charge on any atom is -0.271 e. The van der Waals surface area contributed by atoms with Gasteiger partial charge in [-0.05, 0) is 50.6 Å². The summed E-state index contributed by atoms with van der Waals surface area (Å²) in [4.78, 5) is 0. The number of nitrogens with one attached hydrogen (secondary N) is 1. The minimum absolute atomic E-state index is 0.124. The first-order chi connectivity index (χ1) is 8.13. The number of hydrogen-bond acceptors (Lipinski definition) is 3. The second-order valence-electron chi connectivity index (χ2n) is 3.44. The fraction of sp³-hybridized carbons (Fsp3) is 0.0909. The van der Waals surface area contributed by atoms with Gasteiger partial charge in [0.25, 0.3) is 0 Å². The van der Waals surface area contributed by atoms with Crippen LogP contribution in [0.15, 0.2) is 37.9 Å². The van der Waals surface area contributed by atoms with Gasteiger partial charge in [-0.2, -0.15) is 11.3 Å². The quantitative estimate of drug-likeness (QED) is 0.593. The van der Waals surface area contributed by atoms with Crippen molar-refractivity contribution in [2.75, 3.05) is 0 Å². The third-order valence-corrected chi connectivity index (χ3v) is 4.98. The van der Waals surface area contributed by atoms with Crippen LogP contribution in [0, 0.1) is 0 Å². The Kier molecular flexibility index (Phi) is 4.63. The van der Waals surface area contributed by atoms with E-state index < -0.39 is 0 Å². The molecule has 0 saturated carbocycles. The molecule has 0 bridgehead atoms. The zero-order chi connectivity index (χ0) is 12.4. The van der Waals surface area contributed by atoms with Crippen molar-refractivity contribution < 1.29 is 0 Å². The molecule has 2 aromatic rings. The smallest absolute Gasteiger partial charge is 0.0743 e. The molecule has 0 radical (unpaired) electrons. The van der Waals surface area contributed by atoms with Gasteiger partial charge in [-0.3, -0.25) is 5.84 Å². The van der Waals surface area contributed by atoms with Crippen LogP contribution in [0.5, 0.6) is 0 Å². The molecule has 1 aromatic carbocycles. The molecule has 1 atom stereocenters. The summed E-state index contributed by atoms with van der Waals surface area (Å²) in [6.07, 6.45) is 0. The normalized spacial score (nSPS) is 12.7. The van der Waals surface area contributed by atoms with Crippen LogP contribution in [-0.4, -0.2) is 0 Å². The van der Waals surface area contributed by atoms with Crippen LogP contribution in [-0.2, 0) is 0 Å². The molecule has 0 fully saturated rings. The molecule has 0 amide bonds. The summed E-state index contributed by atoms with van der Waals surface area (Å²) < 4.78 is 2.00. The second kappa shape index (κ2) is 5.82. The number of rotatable bonds is 3. The number of nitrogens with two attached hydrogens (primary N) is 1. The summed E-state index contributed by atoms with van der Waals surface area (Å²) in [7, 11) is 0. The largest absolute Gasteiger partial charge is 0.271 e. The first kappa shape index (κ1) is 13.5. The Bertz CT molecular complexity index is 530. The van der Waals surface area contributed by atoms with Gasteiger partial charge in [0, 0.05) is 19.3 Å². The lowest BCUT2D eigenvalue weighted by atomic mass is 10.0. The van der Waals surface area contributed by atoms with Gasteiger partial charge in [0.1, 0.15) is 0 Å². The van der Waals surface area contributed by atoms with E-state index >= 15 is 0 Å². The van der Waals surface area contributed by atoms with Gasteiger partial charge in [0.15, 0.2) is 0 Å². The number of thiophene rings is 1. The Morgan fingerprint density at radius 3 is 2.59 bits per heavy atom. The van der Waals surface area contributed by atoms with E-state index in [2.05, 4.69) is 37.3 Å². The molecule has 1 unspecified atom stereocenters. The topological polar surface area (TPSA) is 38.0 Å². The maximum Gasteiger partial charge on any atom is 0.0743 e. The fourth-order valence-corrected chi connectivity index (χ4v) is 3.74. The van der Waals surface area contributed by atoms with Crippen molar-refractivity contribution in [3.05, 3.63) is 54.1 Å².